The van der Waals surface area contributed by atoms with Gasteiger partial charge < -0.3 is 19.6 Å². The number of oxime groups is 1. The van der Waals surface area contributed by atoms with Gasteiger partial charge in [-0.1, -0.05) is 28.1 Å². The fraction of sp³-hybridized carbons (Fsp3) is 0.632. The van der Waals surface area contributed by atoms with Crippen LogP contribution >= 0.6 is 22.9 Å². The summed E-state index contributed by atoms with van der Waals surface area (Å²) in [4.78, 5) is 46.1. The summed E-state index contributed by atoms with van der Waals surface area (Å²) < 4.78 is 10.5. The SMILES string of the molecule is CNC(=O)/C(=N\OC(C)(C)C(=O)OC(C)(C)C)c1nc(NC(=O)OC(C)(C)C)sc1Cl. The first-order chi connectivity index (χ1) is 13.9. The van der Waals surface area contributed by atoms with E-state index in [0.29, 0.717) is 0 Å². The maximum Gasteiger partial charge on any atom is 0.413 e. The summed E-state index contributed by atoms with van der Waals surface area (Å²) in [5.74, 6) is -1.33. The maximum absolute atomic E-state index is 12.4. The van der Waals surface area contributed by atoms with Gasteiger partial charge in [-0.05, 0) is 55.4 Å². The second-order valence-electron chi connectivity index (χ2n) is 8.89. The average Bonchev–Trinajstić information content (AvgIpc) is 2.91. The number of likely N-dealkylation sites (N-methyl/N-ethyl adjacent to an activating group) is 1. The highest BCUT2D eigenvalue weighted by Crippen LogP contribution is 2.29. The normalized spacial score (nSPS) is 12.8. The largest absolute Gasteiger partial charge is 0.457 e. The Kier molecular flexibility index (Phi) is 8.44. The van der Waals surface area contributed by atoms with Gasteiger partial charge in [0.15, 0.2) is 10.8 Å². The minimum Gasteiger partial charge on any atom is -0.457 e. The van der Waals surface area contributed by atoms with E-state index in [4.69, 9.17) is 25.9 Å². The highest BCUT2D eigenvalue weighted by atomic mass is 35.5. The van der Waals surface area contributed by atoms with Crippen LogP contribution in [0.2, 0.25) is 4.34 Å². The van der Waals surface area contributed by atoms with Gasteiger partial charge in [0.2, 0.25) is 5.60 Å². The van der Waals surface area contributed by atoms with Crippen molar-refractivity contribution in [3.05, 3.63) is 10.0 Å². The summed E-state index contributed by atoms with van der Waals surface area (Å²) in [5.41, 5.74) is -3.24. The Balaban J connectivity index is 3.15. The minimum atomic E-state index is -1.49. The molecule has 1 aromatic rings. The van der Waals surface area contributed by atoms with Crippen molar-refractivity contribution in [2.45, 2.75) is 72.2 Å². The lowest BCUT2D eigenvalue weighted by Gasteiger charge is -2.26. The van der Waals surface area contributed by atoms with Gasteiger partial charge in [-0.2, -0.15) is 0 Å². The Morgan fingerprint density at radius 1 is 1.00 bits per heavy atom. The van der Waals surface area contributed by atoms with Crippen LogP contribution < -0.4 is 10.6 Å². The summed E-state index contributed by atoms with van der Waals surface area (Å²) in [6.07, 6.45) is -0.731. The van der Waals surface area contributed by atoms with Crippen LogP contribution in [-0.4, -0.2) is 52.5 Å². The number of nitrogens with zero attached hydrogens (tertiary/aromatic N) is 2. The zero-order valence-electron chi connectivity index (χ0n) is 19.1. The molecule has 174 valence electrons. The molecule has 1 heterocycles. The molecule has 0 aliphatic rings. The average molecular weight is 477 g/mol. The van der Waals surface area contributed by atoms with Gasteiger partial charge in [0, 0.05) is 7.05 Å². The van der Waals surface area contributed by atoms with Crippen molar-refractivity contribution in [1.82, 2.24) is 10.3 Å². The van der Waals surface area contributed by atoms with Crippen LogP contribution in [-0.2, 0) is 23.9 Å². The van der Waals surface area contributed by atoms with Gasteiger partial charge in [-0.25, -0.2) is 14.6 Å². The zero-order chi connectivity index (χ0) is 24.2. The molecular weight excluding hydrogens is 448 g/mol. The molecule has 2 N–H and O–H groups in total. The summed E-state index contributed by atoms with van der Waals surface area (Å²) in [6.45, 7) is 13.2. The van der Waals surface area contributed by atoms with Crippen LogP contribution in [0.15, 0.2) is 5.16 Å². The first-order valence-corrected chi connectivity index (χ1v) is 10.5. The molecule has 31 heavy (non-hydrogen) atoms. The van der Waals surface area contributed by atoms with Gasteiger partial charge in [-0.15, -0.1) is 0 Å². The molecular formula is C19H29ClN4O6S. The van der Waals surface area contributed by atoms with Crippen LogP contribution in [0.1, 0.15) is 61.1 Å². The number of thiazole rings is 1. The molecule has 1 aromatic heterocycles. The summed E-state index contributed by atoms with van der Waals surface area (Å²) >= 11 is 7.12. The standard InChI is InChI=1S/C19H29ClN4O6S/c1-17(2,3)28-14(26)19(7,8)30-24-11(13(25)21-9)10-12(20)31-15(22-10)23-16(27)29-18(4,5)6/h1-9H3,(H,21,25)(H,22,23,27)/b24-11-. The fourth-order valence-electron chi connectivity index (χ4n) is 1.80. The van der Waals surface area contributed by atoms with Gasteiger partial charge in [0.05, 0.1) is 0 Å². The van der Waals surface area contributed by atoms with Crippen LogP contribution in [0.5, 0.6) is 0 Å². The van der Waals surface area contributed by atoms with Crippen molar-refractivity contribution in [3.8, 4) is 0 Å². The highest BCUT2D eigenvalue weighted by molar-refractivity contribution is 7.20. The van der Waals surface area contributed by atoms with Crippen molar-refractivity contribution in [1.29, 1.82) is 0 Å². The van der Waals surface area contributed by atoms with Gasteiger partial charge in [-0.3, -0.25) is 10.1 Å². The molecule has 0 saturated carbocycles. The molecule has 0 fully saturated rings. The molecule has 12 heteroatoms. The number of aromatic nitrogens is 1. The van der Waals surface area contributed by atoms with Crippen molar-refractivity contribution in [2.24, 2.45) is 5.16 Å². The third-order valence-electron chi connectivity index (χ3n) is 3.12. The molecule has 0 unspecified atom stereocenters. The lowest BCUT2D eigenvalue weighted by molar-refractivity contribution is -0.179. The Morgan fingerprint density at radius 3 is 2.03 bits per heavy atom. The van der Waals surface area contributed by atoms with Crippen LogP contribution in [0.3, 0.4) is 0 Å². The van der Waals surface area contributed by atoms with Crippen molar-refractivity contribution in [3.63, 3.8) is 0 Å². The minimum absolute atomic E-state index is 0.0305. The van der Waals surface area contributed by atoms with Crippen molar-refractivity contribution in [2.75, 3.05) is 12.4 Å². The zero-order valence-corrected chi connectivity index (χ0v) is 20.7. The molecule has 1 rings (SSSR count). The van der Waals surface area contributed by atoms with Gasteiger partial charge in [0.25, 0.3) is 5.91 Å². The van der Waals surface area contributed by atoms with E-state index in [-0.39, 0.29) is 20.9 Å². The molecule has 0 atom stereocenters. The van der Waals surface area contributed by atoms with Crippen molar-refractivity contribution < 1.29 is 28.7 Å². The van der Waals surface area contributed by atoms with E-state index in [1.165, 1.54) is 20.9 Å². The van der Waals surface area contributed by atoms with E-state index in [0.717, 1.165) is 11.3 Å². The van der Waals surface area contributed by atoms with E-state index >= 15 is 0 Å². The molecule has 2 amide bonds. The Labute approximate surface area is 190 Å². The summed E-state index contributed by atoms with van der Waals surface area (Å²) in [5, 5.41) is 8.77. The third kappa shape index (κ3) is 8.70. The molecule has 0 spiro atoms. The quantitative estimate of drug-likeness (QED) is 0.363. The predicted octanol–water partition coefficient (Wildman–Crippen LogP) is 3.73. The van der Waals surface area contributed by atoms with Crippen LogP contribution in [0.25, 0.3) is 0 Å². The molecule has 0 radical (unpaired) electrons. The first-order valence-electron chi connectivity index (χ1n) is 9.33. The molecule has 10 nitrogen and oxygen atoms in total. The number of esters is 1. The second-order valence-corrected chi connectivity index (χ2v) is 10.5. The number of amides is 2. The second kappa shape index (κ2) is 9.82. The smallest absolute Gasteiger partial charge is 0.413 e. The molecule has 0 saturated heterocycles. The number of ether oxygens (including phenoxy) is 2. The number of carbonyl (C=O) groups excluding carboxylic acids is 3. The number of anilines is 1. The molecule has 0 aliphatic carbocycles. The lowest BCUT2D eigenvalue weighted by Crippen LogP contribution is -2.40. The predicted molar refractivity (Wildman–Crippen MR) is 119 cm³/mol. The Hall–Kier alpha value is -2.40. The maximum atomic E-state index is 12.4. The molecule has 0 aromatic carbocycles. The molecule has 0 bridgehead atoms. The summed E-state index contributed by atoms with van der Waals surface area (Å²) in [7, 11) is 1.39. The van der Waals surface area contributed by atoms with E-state index in [1.807, 2.05) is 0 Å². The van der Waals surface area contributed by atoms with Crippen LogP contribution in [0, 0.1) is 0 Å². The highest BCUT2D eigenvalue weighted by Gasteiger charge is 2.36. The lowest BCUT2D eigenvalue weighted by atomic mass is 10.1. The van der Waals surface area contributed by atoms with Gasteiger partial charge in [0.1, 0.15) is 21.2 Å². The van der Waals surface area contributed by atoms with Crippen molar-refractivity contribution >= 4 is 51.8 Å². The first kappa shape index (κ1) is 26.6. The van der Waals surface area contributed by atoms with E-state index < -0.39 is 34.8 Å². The van der Waals surface area contributed by atoms with Crippen LogP contribution in [0.4, 0.5) is 9.93 Å². The topological polar surface area (TPSA) is 128 Å². The number of rotatable bonds is 6. The number of hydrogen-bond acceptors (Lipinski definition) is 9. The Morgan fingerprint density at radius 2 is 1.55 bits per heavy atom. The monoisotopic (exact) mass is 476 g/mol. The van der Waals surface area contributed by atoms with E-state index in [1.54, 1.807) is 41.5 Å². The summed E-state index contributed by atoms with van der Waals surface area (Å²) in [6, 6.07) is 0. The molecule has 0 aliphatic heterocycles. The third-order valence-corrected chi connectivity index (χ3v) is 4.29. The van der Waals surface area contributed by atoms with Gasteiger partial charge >= 0.3 is 12.1 Å². The Bertz CT molecular complexity index is 868. The van der Waals surface area contributed by atoms with E-state index in [2.05, 4.69) is 20.8 Å². The number of hydrogen-bond donors (Lipinski definition) is 2. The number of carbonyl (C=O) groups is 3. The number of nitrogens with one attached hydrogen (secondary N) is 2. The number of halogens is 1. The van der Waals surface area contributed by atoms with E-state index in [9.17, 15) is 14.4 Å². The fourth-order valence-corrected chi connectivity index (χ4v) is 2.83.